The summed E-state index contributed by atoms with van der Waals surface area (Å²) in [5.74, 6) is 0.781. The molecule has 1 saturated carbocycles. The molecule has 1 saturated heterocycles. The average molecular weight is 368 g/mol. The number of benzene rings is 1. The number of carbonyl (C=O) groups excluding carboxylic acids is 1. The van der Waals surface area contributed by atoms with E-state index < -0.39 is 0 Å². The second-order valence-corrected chi connectivity index (χ2v) is 6.51. The van der Waals surface area contributed by atoms with Crippen LogP contribution in [-0.2, 0) is 4.79 Å². The third-order valence-corrected chi connectivity index (χ3v) is 5.05. The number of halogens is 2. The zero-order valence-corrected chi connectivity index (χ0v) is 15.0. The van der Waals surface area contributed by atoms with Crippen LogP contribution in [0.2, 0.25) is 0 Å². The first-order valence-electron chi connectivity index (χ1n) is 8.21. The lowest BCUT2D eigenvalue weighted by molar-refractivity contribution is -0.117. The molecular formula is C18H23Cl2N3O. The van der Waals surface area contributed by atoms with Crippen molar-refractivity contribution in [2.45, 2.75) is 44.2 Å². The van der Waals surface area contributed by atoms with Crippen LogP contribution in [0.25, 0.3) is 10.9 Å². The maximum atomic E-state index is 12.5. The molecule has 1 aliphatic heterocycles. The van der Waals surface area contributed by atoms with E-state index in [1.165, 1.54) is 25.7 Å². The smallest absolute Gasteiger partial charge is 0.241 e. The monoisotopic (exact) mass is 367 g/mol. The SMILES string of the molecule is Cl.Cl.O=C(Nc1ccc2ncccc2c1)C1CC2CCCCC2N1. The van der Waals surface area contributed by atoms with Crippen LogP contribution < -0.4 is 10.6 Å². The van der Waals surface area contributed by atoms with Crippen LogP contribution in [0.15, 0.2) is 36.5 Å². The fraction of sp³-hybridized carbons (Fsp3) is 0.444. The summed E-state index contributed by atoms with van der Waals surface area (Å²) in [6.45, 7) is 0. The van der Waals surface area contributed by atoms with E-state index in [0.29, 0.717) is 12.0 Å². The quantitative estimate of drug-likeness (QED) is 0.844. The molecule has 2 fully saturated rings. The molecule has 2 heterocycles. The van der Waals surface area contributed by atoms with Crippen LogP contribution in [-0.4, -0.2) is 23.0 Å². The lowest BCUT2D eigenvalue weighted by Crippen LogP contribution is -2.39. The number of nitrogens with zero attached hydrogens (tertiary/aromatic N) is 1. The van der Waals surface area contributed by atoms with Gasteiger partial charge in [-0.3, -0.25) is 9.78 Å². The van der Waals surface area contributed by atoms with Gasteiger partial charge in [0.15, 0.2) is 0 Å². The van der Waals surface area contributed by atoms with Crippen molar-refractivity contribution in [2.24, 2.45) is 5.92 Å². The molecule has 4 rings (SSSR count). The van der Waals surface area contributed by atoms with Gasteiger partial charge in [-0.25, -0.2) is 0 Å². The summed E-state index contributed by atoms with van der Waals surface area (Å²) in [6.07, 6.45) is 7.85. The highest BCUT2D eigenvalue weighted by molar-refractivity contribution is 5.97. The number of hydrogen-bond acceptors (Lipinski definition) is 3. The molecule has 1 aromatic carbocycles. The van der Waals surface area contributed by atoms with E-state index in [2.05, 4.69) is 15.6 Å². The van der Waals surface area contributed by atoms with Crippen molar-refractivity contribution in [1.29, 1.82) is 0 Å². The number of hydrogen-bond donors (Lipinski definition) is 2. The maximum Gasteiger partial charge on any atom is 0.241 e. The topological polar surface area (TPSA) is 54.0 Å². The molecule has 2 aromatic rings. The third kappa shape index (κ3) is 3.82. The van der Waals surface area contributed by atoms with Crippen LogP contribution in [0.1, 0.15) is 32.1 Å². The van der Waals surface area contributed by atoms with Crippen molar-refractivity contribution in [3.8, 4) is 0 Å². The summed E-state index contributed by atoms with van der Waals surface area (Å²) < 4.78 is 0. The lowest BCUT2D eigenvalue weighted by atomic mass is 9.85. The summed E-state index contributed by atoms with van der Waals surface area (Å²) in [7, 11) is 0. The van der Waals surface area contributed by atoms with E-state index in [1.54, 1.807) is 6.20 Å². The first-order valence-corrected chi connectivity index (χ1v) is 8.21. The standard InChI is InChI=1S/C18H21N3O.2ClH/c22-18(17-11-13-4-1-2-6-16(13)21-17)20-14-7-8-15-12(10-14)5-3-9-19-15;;/h3,5,7-10,13,16-17,21H,1-2,4,6,11H2,(H,20,22);2*1H. The molecule has 0 radical (unpaired) electrons. The van der Waals surface area contributed by atoms with Gasteiger partial charge in [-0.15, -0.1) is 24.8 Å². The van der Waals surface area contributed by atoms with Crippen LogP contribution >= 0.6 is 24.8 Å². The Balaban J connectivity index is 0.00000104. The van der Waals surface area contributed by atoms with E-state index in [1.807, 2.05) is 30.3 Å². The van der Waals surface area contributed by atoms with Gasteiger partial charge in [-0.1, -0.05) is 18.9 Å². The fourth-order valence-electron chi connectivity index (χ4n) is 3.90. The summed E-state index contributed by atoms with van der Waals surface area (Å²) in [5.41, 5.74) is 1.80. The Morgan fingerprint density at radius 3 is 2.83 bits per heavy atom. The van der Waals surface area contributed by atoms with Crippen molar-refractivity contribution in [1.82, 2.24) is 10.3 Å². The third-order valence-electron chi connectivity index (χ3n) is 5.05. The van der Waals surface area contributed by atoms with Crippen LogP contribution in [0.4, 0.5) is 5.69 Å². The Bertz CT molecular complexity index is 695. The van der Waals surface area contributed by atoms with E-state index in [-0.39, 0.29) is 36.8 Å². The summed E-state index contributed by atoms with van der Waals surface area (Å²) in [5, 5.41) is 7.63. The first-order chi connectivity index (χ1) is 10.8. The molecule has 1 aliphatic carbocycles. The molecule has 3 unspecified atom stereocenters. The van der Waals surface area contributed by atoms with Gasteiger partial charge in [0.05, 0.1) is 11.6 Å². The minimum absolute atomic E-state index is 0. The number of fused-ring (bicyclic) bond motifs is 2. The highest BCUT2D eigenvalue weighted by Crippen LogP contribution is 2.33. The van der Waals surface area contributed by atoms with E-state index in [0.717, 1.165) is 23.0 Å². The second-order valence-electron chi connectivity index (χ2n) is 6.51. The highest BCUT2D eigenvalue weighted by atomic mass is 35.5. The zero-order chi connectivity index (χ0) is 14.9. The van der Waals surface area contributed by atoms with Gasteiger partial charge in [0, 0.05) is 23.3 Å². The molecule has 0 spiro atoms. The molecule has 1 amide bonds. The number of amides is 1. The second kappa shape index (κ2) is 8.15. The Hall–Kier alpha value is -1.36. The molecule has 130 valence electrons. The maximum absolute atomic E-state index is 12.5. The highest BCUT2D eigenvalue weighted by Gasteiger charge is 2.38. The molecule has 1 aromatic heterocycles. The largest absolute Gasteiger partial charge is 0.325 e. The number of nitrogens with one attached hydrogen (secondary N) is 2. The van der Waals surface area contributed by atoms with Crippen LogP contribution in [0, 0.1) is 5.92 Å². The van der Waals surface area contributed by atoms with Crippen molar-refractivity contribution >= 4 is 47.3 Å². The number of rotatable bonds is 2. The van der Waals surface area contributed by atoms with Gasteiger partial charge < -0.3 is 10.6 Å². The van der Waals surface area contributed by atoms with Crippen LogP contribution in [0.5, 0.6) is 0 Å². The van der Waals surface area contributed by atoms with Gasteiger partial charge in [-0.05, 0) is 49.4 Å². The summed E-state index contributed by atoms with van der Waals surface area (Å²) in [4.78, 5) is 16.8. The molecule has 0 bridgehead atoms. The lowest BCUT2D eigenvalue weighted by Gasteiger charge is -2.24. The summed E-state index contributed by atoms with van der Waals surface area (Å²) in [6, 6.07) is 10.3. The summed E-state index contributed by atoms with van der Waals surface area (Å²) >= 11 is 0. The fourth-order valence-corrected chi connectivity index (χ4v) is 3.90. The minimum Gasteiger partial charge on any atom is -0.325 e. The number of anilines is 1. The average Bonchev–Trinajstić information content (AvgIpc) is 2.99. The molecular weight excluding hydrogens is 345 g/mol. The molecule has 2 N–H and O–H groups in total. The number of pyridine rings is 1. The van der Waals surface area contributed by atoms with Crippen molar-refractivity contribution in [3.63, 3.8) is 0 Å². The predicted octanol–water partition coefficient (Wildman–Crippen LogP) is 3.94. The van der Waals surface area contributed by atoms with Gasteiger partial charge in [0.1, 0.15) is 0 Å². The first kappa shape index (κ1) is 19.0. The van der Waals surface area contributed by atoms with Gasteiger partial charge in [0.25, 0.3) is 0 Å². The Morgan fingerprint density at radius 2 is 2.00 bits per heavy atom. The molecule has 24 heavy (non-hydrogen) atoms. The molecule has 3 atom stereocenters. The molecule has 6 heteroatoms. The van der Waals surface area contributed by atoms with E-state index in [9.17, 15) is 4.79 Å². The Labute approximate surface area is 154 Å². The van der Waals surface area contributed by atoms with Crippen LogP contribution in [0.3, 0.4) is 0 Å². The van der Waals surface area contributed by atoms with Gasteiger partial charge in [-0.2, -0.15) is 0 Å². The van der Waals surface area contributed by atoms with Gasteiger partial charge >= 0.3 is 0 Å². The Kier molecular flexibility index (Phi) is 6.44. The van der Waals surface area contributed by atoms with Crippen molar-refractivity contribution in [3.05, 3.63) is 36.5 Å². The molecule has 2 aliphatic rings. The predicted molar refractivity (Wildman–Crippen MR) is 102 cm³/mol. The molecule has 4 nitrogen and oxygen atoms in total. The number of carbonyl (C=O) groups is 1. The van der Waals surface area contributed by atoms with Crippen molar-refractivity contribution < 1.29 is 4.79 Å². The van der Waals surface area contributed by atoms with Crippen molar-refractivity contribution in [2.75, 3.05) is 5.32 Å². The van der Waals surface area contributed by atoms with E-state index >= 15 is 0 Å². The van der Waals surface area contributed by atoms with E-state index in [4.69, 9.17) is 0 Å². The van der Waals surface area contributed by atoms with Gasteiger partial charge in [0.2, 0.25) is 5.91 Å². The zero-order valence-electron chi connectivity index (χ0n) is 13.4. The Morgan fingerprint density at radius 1 is 1.17 bits per heavy atom. The number of aromatic nitrogens is 1. The normalized spacial score (nSPS) is 25.2. The minimum atomic E-state index is -0.0438.